The molecule has 1 aliphatic rings. The summed E-state index contributed by atoms with van der Waals surface area (Å²) >= 11 is 7.88. The van der Waals surface area contributed by atoms with Crippen molar-refractivity contribution in [2.24, 2.45) is 5.92 Å². The number of halogens is 1. The van der Waals surface area contributed by atoms with Crippen LogP contribution in [0.25, 0.3) is 0 Å². The minimum Gasteiger partial charge on any atom is -0.349 e. The van der Waals surface area contributed by atoms with Crippen LogP contribution in [0.3, 0.4) is 0 Å². The van der Waals surface area contributed by atoms with E-state index in [1.54, 1.807) is 0 Å². The van der Waals surface area contributed by atoms with Crippen LogP contribution < -0.4 is 5.32 Å². The molecular formula is C14H18ClNOS. The molecule has 2 rings (SSSR count). The van der Waals surface area contributed by atoms with Crippen molar-refractivity contribution in [2.75, 3.05) is 5.75 Å². The Hall–Kier alpha value is -0.670. The summed E-state index contributed by atoms with van der Waals surface area (Å²) in [4.78, 5) is 13.2. The first-order valence-electron chi connectivity index (χ1n) is 6.34. The van der Waals surface area contributed by atoms with Gasteiger partial charge in [-0.1, -0.05) is 25.4 Å². The number of benzene rings is 1. The van der Waals surface area contributed by atoms with Gasteiger partial charge in [-0.15, -0.1) is 11.8 Å². The molecule has 1 heterocycles. The molecule has 1 amide bonds. The number of amides is 1. The van der Waals surface area contributed by atoms with Crippen LogP contribution >= 0.6 is 23.4 Å². The first kappa shape index (κ1) is 13.8. The number of nitrogens with one attached hydrogen (secondary N) is 1. The third kappa shape index (κ3) is 3.01. The average molecular weight is 284 g/mol. The summed E-state index contributed by atoms with van der Waals surface area (Å²) in [6.07, 6.45) is 1.84. The summed E-state index contributed by atoms with van der Waals surface area (Å²) in [5.41, 5.74) is 1.16. The fourth-order valence-corrected chi connectivity index (χ4v) is 3.30. The number of hydrogen-bond donors (Lipinski definition) is 1. The second-order valence-electron chi connectivity index (χ2n) is 4.69. The van der Waals surface area contributed by atoms with Crippen LogP contribution in [-0.2, 0) is 4.79 Å². The summed E-state index contributed by atoms with van der Waals surface area (Å²) in [5.74, 6) is 1.25. The van der Waals surface area contributed by atoms with Gasteiger partial charge in [-0.3, -0.25) is 4.79 Å². The van der Waals surface area contributed by atoms with Gasteiger partial charge in [0.25, 0.3) is 0 Å². The van der Waals surface area contributed by atoms with Gasteiger partial charge in [0.2, 0.25) is 5.91 Å². The SMILES string of the molecule is CC[C@@H](C)C(=O)N[C@H]1CCSc2ccc(Cl)cc21. The molecule has 0 aromatic heterocycles. The molecule has 2 nitrogen and oxygen atoms in total. The molecule has 1 N–H and O–H groups in total. The van der Waals surface area contributed by atoms with Crippen LogP contribution in [0.4, 0.5) is 0 Å². The number of carbonyl (C=O) groups is 1. The fourth-order valence-electron chi connectivity index (χ4n) is 2.01. The van der Waals surface area contributed by atoms with E-state index < -0.39 is 0 Å². The lowest BCUT2D eigenvalue weighted by molar-refractivity contribution is -0.125. The normalized spacial score (nSPS) is 20.1. The molecule has 2 atom stereocenters. The molecule has 0 unspecified atom stereocenters. The standard InChI is InChI=1S/C14H18ClNOS/c1-3-9(2)14(17)16-12-6-7-18-13-5-4-10(15)8-11(12)13/h4-5,8-9,12H,3,6-7H2,1-2H3,(H,16,17)/t9-,12+/m1/s1. The van der Waals surface area contributed by atoms with E-state index in [2.05, 4.69) is 5.32 Å². The lowest BCUT2D eigenvalue weighted by Crippen LogP contribution is -2.34. The van der Waals surface area contributed by atoms with Gasteiger partial charge in [0.05, 0.1) is 6.04 Å². The van der Waals surface area contributed by atoms with E-state index in [-0.39, 0.29) is 17.9 Å². The van der Waals surface area contributed by atoms with E-state index in [4.69, 9.17) is 11.6 Å². The largest absolute Gasteiger partial charge is 0.349 e. The molecule has 0 aliphatic carbocycles. The molecule has 0 bridgehead atoms. The highest BCUT2D eigenvalue weighted by atomic mass is 35.5. The molecule has 1 aromatic rings. The maximum Gasteiger partial charge on any atom is 0.223 e. The van der Waals surface area contributed by atoms with Gasteiger partial charge in [0, 0.05) is 21.6 Å². The Morgan fingerprint density at radius 3 is 3.11 bits per heavy atom. The zero-order valence-corrected chi connectivity index (χ0v) is 12.3. The van der Waals surface area contributed by atoms with E-state index >= 15 is 0 Å². The van der Waals surface area contributed by atoms with Gasteiger partial charge >= 0.3 is 0 Å². The molecule has 4 heteroatoms. The van der Waals surface area contributed by atoms with Crippen molar-refractivity contribution in [3.05, 3.63) is 28.8 Å². The molecule has 0 fully saturated rings. The highest BCUT2D eigenvalue weighted by Crippen LogP contribution is 2.37. The predicted molar refractivity (Wildman–Crippen MR) is 77.1 cm³/mol. The Labute approximate surface area is 117 Å². The molecule has 1 aliphatic heterocycles. The first-order chi connectivity index (χ1) is 8.61. The lowest BCUT2D eigenvalue weighted by Gasteiger charge is -2.27. The maximum atomic E-state index is 12.0. The van der Waals surface area contributed by atoms with Crippen molar-refractivity contribution < 1.29 is 4.79 Å². The van der Waals surface area contributed by atoms with E-state index in [0.717, 1.165) is 29.2 Å². The summed E-state index contributed by atoms with van der Waals surface area (Å²) in [5, 5.41) is 3.88. The minimum atomic E-state index is 0.0715. The summed E-state index contributed by atoms with van der Waals surface area (Å²) in [6, 6.07) is 6.04. The monoisotopic (exact) mass is 283 g/mol. The van der Waals surface area contributed by atoms with Crippen LogP contribution in [0.1, 0.15) is 38.3 Å². The lowest BCUT2D eigenvalue weighted by atomic mass is 10.0. The van der Waals surface area contributed by atoms with Gasteiger partial charge in [0.1, 0.15) is 0 Å². The molecule has 0 spiro atoms. The van der Waals surface area contributed by atoms with Gasteiger partial charge in [-0.05, 0) is 36.6 Å². The third-order valence-corrected chi connectivity index (χ3v) is 4.75. The van der Waals surface area contributed by atoms with Crippen LogP contribution in [0, 0.1) is 5.92 Å². The van der Waals surface area contributed by atoms with E-state index in [0.29, 0.717) is 0 Å². The summed E-state index contributed by atoms with van der Waals surface area (Å²) in [6.45, 7) is 4.00. The number of hydrogen-bond acceptors (Lipinski definition) is 2. The van der Waals surface area contributed by atoms with Crippen molar-refractivity contribution in [1.82, 2.24) is 5.32 Å². The van der Waals surface area contributed by atoms with E-state index in [1.807, 2.05) is 43.8 Å². The van der Waals surface area contributed by atoms with Crippen molar-refractivity contribution in [1.29, 1.82) is 0 Å². The van der Waals surface area contributed by atoms with Crippen LogP contribution in [0.5, 0.6) is 0 Å². The van der Waals surface area contributed by atoms with Crippen LogP contribution in [0.15, 0.2) is 23.1 Å². The van der Waals surface area contributed by atoms with Crippen molar-refractivity contribution in [2.45, 2.75) is 37.6 Å². The number of rotatable bonds is 3. The highest BCUT2D eigenvalue weighted by molar-refractivity contribution is 7.99. The smallest absolute Gasteiger partial charge is 0.223 e. The Kier molecular flexibility index (Phi) is 4.57. The van der Waals surface area contributed by atoms with Crippen LogP contribution in [0.2, 0.25) is 5.02 Å². The molecule has 0 radical (unpaired) electrons. The first-order valence-corrected chi connectivity index (χ1v) is 7.70. The topological polar surface area (TPSA) is 29.1 Å². The maximum absolute atomic E-state index is 12.0. The molecule has 1 aromatic carbocycles. The average Bonchev–Trinajstić information content (AvgIpc) is 2.38. The molecular weight excluding hydrogens is 266 g/mol. The van der Waals surface area contributed by atoms with Crippen LogP contribution in [-0.4, -0.2) is 11.7 Å². The second-order valence-corrected chi connectivity index (χ2v) is 6.26. The van der Waals surface area contributed by atoms with Crippen molar-refractivity contribution in [3.8, 4) is 0 Å². The van der Waals surface area contributed by atoms with Gasteiger partial charge in [0.15, 0.2) is 0 Å². The number of carbonyl (C=O) groups excluding carboxylic acids is 1. The highest BCUT2D eigenvalue weighted by Gasteiger charge is 2.23. The summed E-state index contributed by atoms with van der Waals surface area (Å²) < 4.78 is 0. The fraction of sp³-hybridized carbons (Fsp3) is 0.500. The zero-order chi connectivity index (χ0) is 13.1. The quantitative estimate of drug-likeness (QED) is 0.907. The van der Waals surface area contributed by atoms with E-state index in [1.165, 1.54) is 4.90 Å². The number of fused-ring (bicyclic) bond motifs is 1. The minimum absolute atomic E-state index is 0.0715. The van der Waals surface area contributed by atoms with Gasteiger partial charge in [-0.25, -0.2) is 0 Å². The predicted octanol–water partition coefficient (Wildman–Crippen LogP) is 4.04. The molecule has 0 saturated carbocycles. The molecule has 0 saturated heterocycles. The Morgan fingerprint density at radius 2 is 2.39 bits per heavy atom. The Bertz CT molecular complexity index is 449. The molecule has 18 heavy (non-hydrogen) atoms. The Balaban J connectivity index is 2.17. The van der Waals surface area contributed by atoms with Gasteiger partial charge < -0.3 is 5.32 Å². The molecule has 98 valence electrons. The summed E-state index contributed by atoms with van der Waals surface area (Å²) in [7, 11) is 0. The number of thioether (sulfide) groups is 1. The van der Waals surface area contributed by atoms with Crippen molar-refractivity contribution >= 4 is 29.3 Å². The zero-order valence-electron chi connectivity index (χ0n) is 10.7. The third-order valence-electron chi connectivity index (χ3n) is 3.39. The van der Waals surface area contributed by atoms with Crippen molar-refractivity contribution in [3.63, 3.8) is 0 Å². The van der Waals surface area contributed by atoms with E-state index in [9.17, 15) is 4.79 Å². The van der Waals surface area contributed by atoms with Gasteiger partial charge in [-0.2, -0.15) is 0 Å². The Morgan fingerprint density at radius 1 is 1.61 bits per heavy atom. The second kappa shape index (κ2) is 5.98.